The fraction of sp³-hybridized carbons (Fsp3) is 0.483. The minimum atomic E-state index is -1.12. The number of nitrogens with zero attached hydrogens (tertiary/aromatic N) is 1. The monoisotopic (exact) mass is 505 g/mol. The van der Waals surface area contributed by atoms with Gasteiger partial charge < -0.3 is 25.4 Å². The zero-order valence-corrected chi connectivity index (χ0v) is 21.8. The van der Waals surface area contributed by atoms with Gasteiger partial charge in [0, 0.05) is 24.5 Å². The normalized spacial score (nSPS) is 31.9. The summed E-state index contributed by atoms with van der Waals surface area (Å²) in [6, 6.07) is 14.1. The van der Waals surface area contributed by atoms with Crippen molar-refractivity contribution >= 4 is 29.1 Å². The van der Waals surface area contributed by atoms with Crippen LogP contribution in [-0.4, -0.2) is 58.1 Å². The predicted molar refractivity (Wildman–Crippen MR) is 140 cm³/mol. The minimum Gasteiger partial charge on any atom is -0.396 e. The number of aliphatic hydroxyl groups is 1. The number of likely N-dealkylation sites (tertiary alicyclic amines) is 1. The molecule has 3 unspecified atom stereocenters. The van der Waals surface area contributed by atoms with Crippen molar-refractivity contribution in [2.24, 2.45) is 17.8 Å². The number of aryl methyl sites for hydroxylation is 2. The van der Waals surface area contributed by atoms with Gasteiger partial charge in [-0.2, -0.15) is 0 Å². The van der Waals surface area contributed by atoms with Crippen molar-refractivity contribution in [3.8, 4) is 0 Å². The van der Waals surface area contributed by atoms with Gasteiger partial charge in [0.2, 0.25) is 17.7 Å². The Hall–Kier alpha value is -3.23. The van der Waals surface area contributed by atoms with Gasteiger partial charge in [0.25, 0.3) is 0 Å². The van der Waals surface area contributed by atoms with E-state index in [0.29, 0.717) is 24.2 Å². The number of hydrogen-bond acceptors (Lipinski definition) is 5. The van der Waals surface area contributed by atoms with Crippen molar-refractivity contribution < 1.29 is 24.2 Å². The Morgan fingerprint density at radius 2 is 1.84 bits per heavy atom. The predicted octanol–water partition coefficient (Wildman–Crippen LogP) is 3.27. The second-order valence-electron chi connectivity index (χ2n) is 11.0. The van der Waals surface area contributed by atoms with E-state index in [4.69, 9.17) is 4.74 Å². The summed E-state index contributed by atoms with van der Waals surface area (Å²) in [5, 5.41) is 15.5. The first-order chi connectivity index (χ1) is 17.6. The van der Waals surface area contributed by atoms with Crippen LogP contribution in [0.15, 0.2) is 48.5 Å². The molecule has 3 saturated heterocycles. The van der Waals surface area contributed by atoms with E-state index >= 15 is 0 Å². The zero-order valence-electron chi connectivity index (χ0n) is 21.8. The number of nitrogens with one attached hydrogen (secondary N) is 2. The Bertz CT molecular complexity index is 1230. The Labute approximate surface area is 217 Å². The molecule has 3 N–H and O–H groups in total. The highest BCUT2D eigenvalue weighted by atomic mass is 16.5. The molecule has 2 bridgehead atoms. The first kappa shape index (κ1) is 25.4. The van der Waals surface area contributed by atoms with Crippen molar-refractivity contribution in [1.29, 1.82) is 0 Å². The van der Waals surface area contributed by atoms with Gasteiger partial charge in [-0.1, -0.05) is 37.3 Å². The molecule has 6 atom stereocenters. The molecule has 2 aromatic rings. The van der Waals surface area contributed by atoms with Gasteiger partial charge in [0.05, 0.1) is 17.4 Å². The van der Waals surface area contributed by atoms with Crippen LogP contribution in [0.5, 0.6) is 0 Å². The Morgan fingerprint density at radius 3 is 2.54 bits per heavy atom. The van der Waals surface area contributed by atoms with Crippen LogP contribution >= 0.6 is 0 Å². The van der Waals surface area contributed by atoms with Gasteiger partial charge in [-0.25, -0.2) is 0 Å². The molecular formula is C29H35N3O5. The summed E-state index contributed by atoms with van der Waals surface area (Å²) in [5.41, 5.74) is 1.24. The third-order valence-corrected chi connectivity index (χ3v) is 8.59. The van der Waals surface area contributed by atoms with E-state index in [1.807, 2.05) is 64.1 Å². The summed E-state index contributed by atoms with van der Waals surface area (Å²) in [6.07, 6.45) is 0.824. The van der Waals surface area contributed by atoms with Gasteiger partial charge in [-0.3, -0.25) is 14.4 Å². The largest absolute Gasteiger partial charge is 0.396 e. The van der Waals surface area contributed by atoms with Gasteiger partial charge in [0.1, 0.15) is 11.6 Å². The molecule has 0 aliphatic carbocycles. The van der Waals surface area contributed by atoms with E-state index in [9.17, 15) is 19.5 Å². The van der Waals surface area contributed by atoms with E-state index in [1.54, 1.807) is 12.1 Å². The maximum Gasteiger partial charge on any atom is 0.250 e. The lowest BCUT2D eigenvalue weighted by Gasteiger charge is -2.36. The average molecular weight is 506 g/mol. The molecule has 2 aromatic carbocycles. The fourth-order valence-electron chi connectivity index (χ4n) is 6.73. The molecule has 5 rings (SSSR count). The van der Waals surface area contributed by atoms with E-state index in [-0.39, 0.29) is 36.8 Å². The van der Waals surface area contributed by atoms with E-state index in [2.05, 4.69) is 10.6 Å². The Kier molecular flexibility index (Phi) is 6.36. The number of ether oxygens (including phenoxy) is 1. The van der Waals surface area contributed by atoms with Crippen LogP contribution in [0.3, 0.4) is 0 Å². The number of anilines is 2. The lowest BCUT2D eigenvalue weighted by atomic mass is 9.62. The molecule has 0 saturated carbocycles. The van der Waals surface area contributed by atoms with E-state index < -0.39 is 29.1 Å². The number of carbonyl (C=O) groups is 3. The second-order valence-corrected chi connectivity index (χ2v) is 11.0. The van der Waals surface area contributed by atoms with Crippen LogP contribution in [-0.2, 0) is 19.1 Å². The van der Waals surface area contributed by atoms with Crippen molar-refractivity contribution in [3.05, 3.63) is 59.7 Å². The average Bonchev–Trinajstić information content (AvgIpc) is 3.37. The summed E-state index contributed by atoms with van der Waals surface area (Å²) >= 11 is 0. The molecule has 3 aliphatic heterocycles. The lowest BCUT2D eigenvalue weighted by molar-refractivity contribution is -0.144. The fourth-order valence-corrected chi connectivity index (χ4v) is 6.73. The maximum absolute atomic E-state index is 14.0. The highest BCUT2D eigenvalue weighted by molar-refractivity contribution is 6.05. The number of amides is 3. The van der Waals surface area contributed by atoms with E-state index in [1.165, 1.54) is 4.90 Å². The van der Waals surface area contributed by atoms with Crippen LogP contribution in [0.4, 0.5) is 11.4 Å². The van der Waals surface area contributed by atoms with Crippen LogP contribution in [0, 0.1) is 31.6 Å². The lowest BCUT2D eigenvalue weighted by Crippen LogP contribution is -2.54. The van der Waals surface area contributed by atoms with Crippen LogP contribution < -0.4 is 10.6 Å². The highest BCUT2D eigenvalue weighted by Crippen LogP contribution is 2.65. The molecule has 3 heterocycles. The second kappa shape index (κ2) is 9.26. The molecule has 0 radical (unpaired) electrons. The molecular weight excluding hydrogens is 470 g/mol. The van der Waals surface area contributed by atoms with Crippen molar-refractivity contribution in [3.63, 3.8) is 0 Å². The summed E-state index contributed by atoms with van der Waals surface area (Å²) < 4.78 is 6.71. The Morgan fingerprint density at radius 1 is 1.11 bits per heavy atom. The summed E-state index contributed by atoms with van der Waals surface area (Å²) in [4.78, 5) is 43.2. The number of benzene rings is 2. The quantitative estimate of drug-likeness (QED) is 0.535. The van der Waals surface area contributed by atoms with Crippen molar-refractivity contribution in [2.45, 2.75) is 57.8 Å². The molecule has 3 aliphatic rings. The third kappa shape index (κ3) is 3.94. The number of aliphatic hydroxyl groups excluding tert-OH is 1. The highest BCUT2D eigenvalue weighted by Gasteiger charge is 2.79. The maximum atomic E-state index is 14.0. The summed E-state index contributed by atoms with van der Waals surface area (Å²) in [7, 11) is 0. The molecule has 196 valence electrons. The number of hydrogen-bond donors (Lipinski definition) is 3. The number of carbonyl (C=O) groups excluding carboxylic acids is 3. The number of fused-ring (bicyclic) bond motifs is 1. The summed E-state index contributed by atoms with van der Waals surface area (Å²) in [5.74, 6) is -2.46. The molecule has 3 amide bonds. The summed E-state index contributed by atoms with van der Waals surface area (Å²) in [6.45, 7) is 7.89. The third-order valence-electron chi connectivity index (χ3n) is 8.59. The molecule has 1 spiro atoms. The molecule has 8 nitrogen and oxygen atoms in total. The van der Waals surface area contributed by atoms with Crippen molar-refractivity contribution in [2.75, 3.05) is 23.8 Å². The Balaban J connectivity index is 1.53. The SMILES string of the molecule is Cc1ccc(C)c(NC(=O)C2N(CCCO)C(=O)[C@@H]3[C@H](C(=O)Nc4ccccc4)[C@@]4(C)OC23CC4C)c1. The first-order valence-corrected chi connectivity index (χ1v) is 13.0. The number of para-hydroxylation sites is 1. The molecule has 8 heteroatoms. The topological polar surface area (TPSA) is 108 Å². The van der Waals surface area contributed by atoms with Crippen molar-refractivity contribution in [1.82, 2.24) is 4.90 Å². The molecule has 0 aromatic heterocycles. The number of rotatable bonds is 7. The first-order valence-electron chi connectivity index (χ1n) is 13.0. The van der Waals surface area contributed by atoms with Gasteiger partial charge in [0.15, 0.2) is 0 Å². The molecule has 3 fully saturated rings. The van der Waals surface area contributed by atoms with Gasteiger partial charge >= 0.3 is 0 Å². The van der Waals surface area contributed by atoms with Crippen LogP contribution in [0.2, 0.25) is 0 Å². The molecule has 37 heavy (non-hydrogen) atoms. The van der Waals surface area contributed by atoms with Gasteiger partial charge in [-0.15, -0.1) is 0 Å². The standard InChI is InChI=1S/C29H35N3O5/c1-17-11-12-18(2)21(15-17)31-26(35)24-29-16-19(3)28(4,37-29)22(23(29)27(36)32(24)13-8-14-33)25(34)30-20-9-6-5-7-10-20/h5-7,9-12,15,19,22-24,33H,8,13-14,16H2,1-4H3,(H,30,34)(H,31,35)/t19?,22-,23+,24?,28+,29?/m1/s1. The van der Waals surface area contributed by atoms with Crippen LogP contribution in [0.25, 0.3) is 0 Å². The zero-order chi connectivity index (χ0) is 26.5. The van der Waals surface area contributed by atoms with Gasteiger partial charge in [-0.05, 0) is 68.9 Å². The van der Waals surface area contributed by atoms with Crippen LogP contribution in [0.1, 0.15) is 37.8 Å². The van der Waals surface area contributed by atoms with E-state index in [0.717, 1.165) is 11.1 Å². The minimum absolute atomic E-state index is 0.0446. The smallest absolute Gasteiger partial charge is 0.250 e.